The molecule has 0 bridgehead atoms. The maximum Gasteiger partial charge on any atom is 1.00 e. The molecule has 8 nitrogen and oxygen atoms in total. The largest absolute Gasteiger partial charge is 1.00 e. The zero-order chi connectivity index (χ0) is 19.3. The van der Waals surface area contributed by atoms with Crippen LogP contribution in [0.1, 0.15) is 30.6 Å². The van der Waals surface area contributed by atoms with Gasteiger partial charge in [0.2, 0.25) is 5.91 Å². The Labute approximate surface area is 183 Å². The van der Waals surface area contributed by atoms with Gasteiger partial charge in [-0.2, -0.15) is 0 Å². The van der Waals surface area contributed by atoms with Crippen molar-refractivity contribution in [3.8, 4) is 11.5 Å². The van der Waals surface area contributed by atoms with Crippen molar-refractivity contribution in [1.29, 1.82) is 0 Å². The number of amides is 2. The Morgan fingerprint density at radius 1 is 1.26 bits per heavy atom. The molecule has 3 rings (SSSR count). The predicted molar refractivity (Wildman–Crippen MR) is 91.7 cm³/mol. The van der Waals surface area contributed by atoms with E-state index >= 15 is 0 Å². The Balaban J connectivity index is 0.00000261. The SMILES string of the molecule is COc1cccc(OC)c1C(=O)N[C@@]1(C(=O)[O-])N2C(=O)C[C@H]2SC1(C)C.[Na+]. The van der Waals surface area contributed by atoms with E-state index in [9.17, 15) is 19.5 Å². The maximum atomic E-state index is 13.0. The number of aliphatic carboxylic acids is 1. The van der Waals surface area contributed by atoms with Gasteiger partial charge in [0.05, 0.1) is 36.7 Å². The molecule has 0 radical (unpaired) electrons. The number of carboxylic acid groups (broad SMARTS) is 1. The molecule has 0 unspecified atom stereocenters. The Bertz CT molecular complexity index is 779. The smallest absolute Gasteiger partial charge is 0.545 e. The number of carboxylic acids is 1. The zero-order valence-corrected chi connectivity index (χ0v) is 18.6. The van der Waals surface area contributed by atoms with Crippen LogP contribution >= 0.6 is 11.8 Å². The van der Waals surface area contributed by atoms with Crippen molar-refractivity contribution in [1.82, 2.24) is 10.2 Å². The number of methoxy groups -OCH3 is 2. The van der Waals surface area contributed by atoms with Gasteiger partial charge in [-0.1, -0.05) is 6.07 Å². The second kappa shape index (κ2) is 7.54. The molecule has 1 aromatic rings. The van der Waals surface area contributed by atoms with E-state index in [1.165, 1.54) is 30.9 Å². The number of nitrogens with one attached hydrogen (secondary N) is 1. The zero-order valence-electron chi connectivity index (χ0n) is 15.8. The molecular weight excluding hydrogens is 383 g/mol. The van der Waals surface area contributed by atoms with Crippen molar-refractivity contribution in [2.24, 2.45) is 0 Å². The van der Waals surface area contributed by atoms with Crippen LogP contribution in [0.15, 0.2) is 18.2 Å². The van der Waals surface area contributed by atoms with Crippen molar-refractivity contribution >= 4 is 29.5 Å². The fourth-order valence-electron chi connectivity index (χ4n) is 3.51. The Morgan fingerprint density at radius 3 is 2.26 bits per heavy atom. The van der Waals surface area contributed by atoms with Crippen LogP contribution in [0, 0.1) is 0 Å². The standard InChI is InChI=1S/C17H20N2O6S.Na/c1-16(2)17(15(22)23,19-11(20)8-12(19)26-16)18-14(21)13-9(24-3)6-5-7-10(13)25-4;/h5-7,12H,8H2,1-4H3,(H,18,21)(H,22,23);/q;+1/p-1/t12-,17+;/m1./s1. The summed E-state index contributed by atoms with van der Waals surface area (Å²) in [6.45, 7) is 3.33. The summed E-state index contributed by atoms with van der Waals surface area (Å²) in [6.07, 6.45) is 0.233. The van der Waals surface area contributed by atoms with Gasteiger partial charge in [0.1, 0.15) is 17.1 Å². The number of benzene rings is 1. The first-order valence-electron chi connectivity index (χ1n) is 7.94. The number of nitrogens with zero attached hydrogens (tertiary/aromatic N) is 1. The van der Waals surface area contributed by atoms with E-state index in [4.69, 9.17) is 9.47 Å². The third kappa shape index (κ3) is 3.10. The van der Waals surface area contributed by atoms with Crippen molar-refractivity contribution in [2.75, 3.05) is 14.2 Å². The summed E-state index contributed by atoms with van der Waals surface area (Å²) < 4.78 is 9.43. The number of carbonyl (C=O) groups excluding carboxylic acids is 3. The number of hydrogen-bond acceptors (Lipinski definition) is 7. The molecular formula is C17H19N2NaO6S. The number of rotatable bonds is 5. The molecule has 0 aliphatic carbocycles. The van der Waals surface area contributed by atoms with E-state index in [2.05, 4.69) is 5.32 Å². The molecule has 2 aliphatic rings. The van der Waals surface area contributed by atoms with Crippen LogP contribution in [0.3, 0.4) is 0 Å². The molecule has 2 atom stereocenters. The average molecular weight is 402 g/mol. The second-order valence-electron chi connectivity index (χ2n) is 6.54. The van der Waals surface area contributed by atoms with Gasteiger partial charge in [-0.15, -0.1) is 11.8 Å². The molecule has 10 heteroatoms. The minimum absolute atomic E-state index is 0. The molecule has 2 fully saturated rings. The van der Waals surface area contributed by atoms with Gasteiger partial charge in [-0.25, -0.2) is 0 Å². The van der Waals surface area contributed by atoms with Crippen LogP contribution < -0.4 is 49.5 Å². The van der Waals surface area contributed by atoms with E-state index in [-0.39, 0.29) is 64.3 Å². The van der Waals surface area contributed by atoms with Gasteiger partial charge >= 0.3 is 29.6 Å². The van der Waals surface area contributed by atoms with Crippen LogP contribution in [0.5, 0.6) is 11.5 Å². The summed E-state index contributed by atoms with van der Waals surface area (Å²) in [5, 5.41) is 14.4. The second-order valence-corrected chi connectivity index (χ2v) is 8.34. The molecule has 0 aromatic heterocycles. The van der Waals surface area contributed by atoms with Crippen LogP contribution in [-0.4, -0.2) is 52.7 Å². The van der Waals surface area contributed by atoms with Crippen LogP contribution in [0.4, 0.5) is 0 Å². The number of β-lactam (4-membered cyclic amide) rings is 1. The number of thioether (sulfide) groups is 1. The third-order valence-electron chi connectivity index (χ3n) is 4.81. The fraction of sp³-hybridized carbons (Fsp3) is 0.471. The van der Waals surface area contributed by atoms with Crippen molar-refractivity contribution < 1.29 is 58.5 Å². The van der Waals surface area contributed by atoms with Crippen LogP contribution in [0.2, 0.25) is 0 Å². The van der Waals surface area contributed by atoms with Crippen molar-refractivity contribution in [3.63, 3.8) is 0 Å². The van der Waals surface area contributed by atoms with E-state index in [1.807, 2.05) is 0 Å². The number of carbonyl (C=O) groups is 3. The Hall–Kier alpha value is -1.42. The molecule has 27 heavy (non-hydrogen) atoms. The van der Waals surface area contributed by atoms with E-state index < -0.39 is 22.3 Å². The van der Waals surface area contributed by atoms with Gasteiger partial charge in [0, 0.05) is 0 Å². The first-order valence-corrected chi connectivity index (χ1v) is 8.82. The van der Waals surface area contributed by atoms with E-state index in [0.717, 1.165) is 0 Å². The summed E-state index contributed by atoms with van der Waals surface area (Å²) in [7, 11) is 2.79. The molecule has 0 saturated carbocycles. The molecule has 140 valence electrons. The maximum absolute atomic E-state index is 13.0. The van der Waals surface area contributed by atoms with Crippen LogP contribution in [0.25, 0.3) is 0 Å². The summed E-state index contributed by atoms with van der Waals surface area (Å²) in [6, 6.07) is 4.78. The number of hydrogen-bond donors (Lipinski definition) is 1. The van der Waals surface area contributed by atoms with Gasteiger partial charge in [-0.05, 0) is 26.0 Å². The van der Waals surface area contributed by atoms with Gasteiger partial charge in [0.25, 0.3) is 5.91 Å². The summed E-state index contributed by atoms with van der Waals surface area (Å²) >= 11 is 1.32. The fourth-order valence-corrected chi connectivity index (χ4v) is 5.20. The predicted octanol–water partition coefficient (Wildman–Crippen LogP) is -3.03. The molecule has 1 N–H and O–H groups in total. The Kier molecular flexibility index (Phi) is 6.11. The summed E-state index contributed by atoms with van der Waals surface area (Å²) in [4.78, 5) is 38.5. The van der Waals surface area contributed by atoms with Crippen LogP contribution in [-0.2, 0) is 9.59 Å². The molecule has 2 heterocycles. The molecule has 1 aromatic carbocycles. The summed E-state index contributed by atoms with van der Waals surface area (Å²) in [5.41, 5.74) is -1.92. The number of ether oxygens (including phenoxy) is 2. The minimum atomic E-state index is -1.97. The Morgan fingerprint density at radius 2 is 1.81 bits per heavy atom. The number of fused-ring (bicyclic) bond motifs is 1. The molecule has 0 spiro atoms. The van der Waals surface area contributed by atoms with E-state index in [1.54, 1.807) is 32.0 Å². The van der Waals surface area contributed by atoms with Crippen molar-refractivity contribution in [3.05, 3.63) is 23.8 Å². The minimum Gasteiger partial charge on any atom is -0.545 e. The average Bonchev–Trinajstić information content (AvgIpc) is 2.76. The van der Waals surface area contributed by atoms with Gasteiger partial charge in [-0.3, -0.25) is 9.59 Å². The van der Waals surface area contributed by atoms with Gasteiger partial charge < -0.3 is 29.6 Å². The normalized spacial score (nSPS) is 25.0. The monoisotopic (exact) mass is 402 g/mol. The molecule has 2 saturated heterocycles. The molecule has 2 amide bonds. The first-order chi connectivity index (χ1) is 12.2. The molecule has 2 aliphatic heterocycles. The van der Waals surface area contributed by atoms with Crippen molar-refractivity contribution in [2.45, 2.75) is 36.1 Å². The topological polar surface area (TPSA) is 108 Å². The van der Waals surface area contributed by atoms with Gasteiger partial charge in [0.15, 0.2) is 5.66 Å². The quantitative estimate of drug-likeness (QED) is 0.412. The summed E-state index contributed by atoms with van der Waals surface area (Å²) in [5.74, 6) is -2.15. The first kappa shape index (κ1) is 21.9. The van der Waals surface area contributed by atoms with E-state index in [0.29, 0.717) is 0 Å². The third-order valence-corrected chi connectivity index (χ3v) is 6.35.